The average molecular weight is 272 g/mol. The Morgan fingerprint density at radius 2 is 1.75 bits per heavy atom. The summed E-state index contributed by atoms with van der Waals surface area (Å²) in [7, 11) is 0. The number of hydrogen-bond acceptors (Lipinski definition) is 3. The fourth-order valence-electron chi connectivity index (χ4n) is 1.72. The Labute approximate surface area is 115 Å². The molecule has 20 heavy (non-hydrogen) atoms. The summed E-state index contributed by atoms with van der Waals surface area (Å²) in [6.45, 7) is 1.63. The SMILES string of the molecule is Cc1cc(C(=O)/C=C/c2ccc(F)cc2)c(O)cc1O. The first-order chi connectivity index (χ1) is 9.47. The second-order valence-corrected chi connectivity index (χ2v) is 4.40. The number of rotatable bonds is 3. The first-order valence-corrected chi connectivity index (χ1v) is 5.98. The molecule has 4 heteroatoms. The molecular formula is C16H13FO3. The highest BCUT2D eigenvalue weighted by Gasteiger charge is 2.11. The van der Waals surface area contributed by atoms with Crippen LogP contribution in [0.4, 0.5) is 4.39 Å². The molecule has 0 bridgehead atoms. The summed E-state index contributed by atoms with van der Waals surface area (Å²) in [5.41, 5.74) is 1.29. The first-order valence-electron chi connectivity index (χ1n) is 5.98. The minimum atomic E-state index is -0.394. The van der Waals surface area contributed by atoms with E-state index in [4.69, 9.17) is 0 Å². The predicted octanol–water partition coefficient (Wildman–Crippen LogP) is 3.44. The number of ketones is 1. The monoisotopic (exact) mass is 272 g/mol. The van der Waals surface area contributed by atoms with Crippen LogP contribution < -0.4 is 0 Å². The number of aryl methyl sites for hydroxylation is 1. The van der Waals surface area contributed by atoms with E-state index >= 15 is 0 Å². The summed E-state index contributed by atoms with van der Waals surface area (Å²) in [6.07, 6.45) is 2.82. The number of allylic oxidation sites excluding steroid dienone is 1. The third kappa shape index (κ3) is 3.03. The lowest BCUT2D eigenvalue weighted by atomic mass is 10.0. The van der Waals surface area contributed by atoms with Crippen molar-refractivity contribution in [3.8, 4) is 11.5 Å². The molecule has 0 unspecified atom stereocenters. The Bertz CT molecular complexity index is 673. The third-order valence-corrected chi connectivity index (χ3v) is 2.88. The van der Waals surface area contributed by atoms with Gasteiger partial charge in [-0.05, 0) is 42.3 Å². The molecule has 2 N–H and O–H groups in total. The Balaban J connectivity index is 2.24. The van der Waals surface area contributed by atoms with E-state index in [9.17, 15) is 19.4 Å². The van der Waals surface area contributed by atoms with Crippen molar-refractivity contribution in [3.63, 3.8) is 0 Å². The van der Waals surface area contributed by atoms with Gasteiger partial charge in [-0.15, -0.1) is 0 Å². The molecule has 2 aromatic rings. The summed E-state index contributed by atoms with van der Waals surface area (Å²) in [4.78, 5) is 12.0. The quantitative estimate of drug-likeness (QED) is 0.664. The van der Waals surface area contributed by atoms with Gasteiger partial charge in [-0.1, -0.05) is 18.2 Å². The lowest BCUT2D eigenvalue weighted by molar-refractivity contribution is 0.104. The molecule has 3 nitrogen and oxygen atoms in total. The maximum atomic E-state index is 12.7. The molecule has 2 aromatic carbocycles. The maximum Gasteiger partial charge on any atom is 0.189 e. The van der Waals surface area contributed by atoms with Crippen LogP contribution in [0.15, 0.2) is 42.5 Å². The van der Waals surface area contributed by atoms with Gasteiger partial charge in [-0.25, -0.2) is 4.39 Å². The van der Waals surface area contributed by atoms with Gasteiger partial charge in [-0.3, -0.25) is 4.79 Å². The van der Waals surface area contributed by atoms with E-state index in [-0.39, 0.29) is 22.9 Å². The highest BCUT2D eigenvalue weighted by Crippen LogP contribution is 2.27. The number of phenolic OH excluding ortho intramolecular Hbond substituents is 2. The van der Waals surface area contributed by atoms with Gasteiger partial charge in [0.15, 0.2) is 5.78 Å². The molecule has 0 radical (unpaired) electrons. The maximum absolute atomic E-state index is 12.7. The fraction of sp³-hybridized carbons (Fsp3) is 0.0625. The van der Waals surface area contributed by atoms with Crippen molar-refractivity contribution in [1.82, 2.24) is 0 Å². The van der Waals surface area contributed by atoms with Gasteiger partial charge in [-0.2, -0.15) is 0 Å². The number of benzene rings is 2. The molecule has 0 atom stereocenters. The van der Waals surface area contributed by atoms with Gasteiger partial charge in [0.05, 0.1) is 5.56 Å². The molecule has 0 fully saturated rings. The molecule has 0 aliphatic carbocycles. The van der Waals surface area contributed by atoms with Crippen molar-refractivity contribution in [3.05, 3.63) is 65.0 Å². The van der Waals surface area contributed by atoms with E-state index in [0.29, 0.717) is 11.1 Å². The van der Waals surface area contributed by atoms with E-state index in [2.05, 4.69) is 0 Å². The van der Waals surface area contributed by atoms with Crippen molar-refractivity contribution in [2.45, 2.75) is 6.92 Å². The number of hydrogen-bond donors (Lipinski definition) is 2. The summed E-state index contributed by atoms with van der Waals surface area (Å²) in [6, 6.07) is 8.23. The number of carbonyl (C=O) groups excluding carboxylic acids is 1. The van der Waals surface area contributed by atoms with Crippen LogP contribution in [0.5, 0.6) is 11.5 Å². The first kappa shape index (κ1) is 13.8. The lowest BCUT2D eigenvalue weighted by Gasteiger charge is -2.04. The summed E-state index contributed by atoms with van der Waals surface area (Å²) in [5.74, 6) is -1.08. The summed E-state index contributed by atoms with van der Waals surface area (Å²) >= 11 is 0. The molecule has 102 valence electrons. The molecule has 0 saturated carbocycles. The highest BCUT2D eigenvalue weighted by molar-refractivity contribution is 6.08. The largest absolute Gasteiger partial charge is 0.508 e. The third-order valence-electron chi connectivity index (χ3n) is 2.88. The topological polar surface area (TPSA) is 57.5 Å². The lowest BCUT2D eigenvalue weighted by Crippen LogP contribution is -1.96. The summed E-state index contributed by atoms with van der Waals surface area (Å²) in [5, 5.41) is 19.1. The molecule has 2 rings (SSSR count). The van der Waals surface area contributed by atoms with Crippen LogP contribution in [0.3, 0.4) is 0 Å². The van der Waals surface area contributed by atoms with Crippen molar-refractivity contribution in [1.29, 1.82) is 0 Å². The molecule has 0 heterocycles. The van der Waals surface area contributed by atoms with E-state index in [1.54, 1.807) is 19.1 Å². The fourth-order valence-corrected chi connectivity index (χ4v) is 1.72. The van der Waals surface area contributed by atoms with Crippen molar-refractivity contribution < 1.29 is 19.4 Å². The van der Waals surface area contributed by atoms with Gasteiger partial charge in [0, 0.05) is 6.07 Å². The minimum absolute atomic E-state index is 0.0680. The predicted molar refractivity (Wildman–Crippen MR) is 74.3 cm³/mol. The number of halogens is 1. The Morgan fingerprint density at radius 1 is 1.10 bits per heavy atom. The molecule has 0 saturated heterocycles. The van der Waals surface area contributed by atoms with E-state index in [0.717, 1.165) is 6.07 Å². The van der Waals surface area contributed by atoms with Crippen molar-refractivity contribution in [2.75, 3.05) is 0 Å². The molecule has 0 aliphatic rings. The van der Waals surface area contributed by atoms with Crippen LogP contribution >= 0.6 is 0 Å². The van der Waals surface area contributed by atoms with Crippen LogP contribution in [0.25, 0.3) is 6.08 Å². The van der Waals surface area contributed by atoms with Crippen LogP contribution in [0.2, 0.25) is 0 Å². The van der Waals surface area contributed by atoms with Crippen LogP contribution in [-0.2, 0) is 0 Å². The molecular weight excluding hydrogens is 259 g/mol. The molecule has 0 spiro atoms. The van der Waals surface area contributed by atoms with Gasteiger partial charge in [0.25, 0.3) is 0 Å². The zero-order chi connectivity index (χ0) is 14.7. The van der Waals surface area contributed by atoms with Gasteiger partial charge in [0.1, 0.15) is 17.3 Å². The second-order valence-electron chi connectivity index (χ2n) is 4.40. The van der Waals surface area contributed by atoms with Gasteiger partial charge < -0.3 is 10.2 Å². The molecule has 0 amide bonds. The second kappa shape index (κ2) is 5.57. The van der Waals surface area contributed by atoms with Crippen LogP contribution in [-0.4, -0.2) is 16.0 Å². The van der Waals surface area contributed by atoms with E-state index in [1.165, 1.54) is 30.4 Å². The highest BCUT2D eigenvalue weighted by atomic mass is 19.1. The number of phenols is 2. The average Bonchev–Trinajstić information content (AvgIpc) is 2.42. The molecule has 0 aliphatic heterocycles. The Morgan fingerprint density at radius 3 is 2.40 bits per heavy atom. The van der Waals surface area contributed by atoms with Gasteiger partial charge in [0.2, 0.25) is 0 Å². The standard InChI is InChI=1S/C16H13FO3/c1-10-8-13(16(20)9-15(10)19)14(18)7-4-11-2-5-12(17)6-3-11/h2-9,19-20H,1H3/b7-4+. The van der Waals surface area contributed by atoms with E-state index < -0.39 is 5.78 Å². The molecule has 0 aromatic heterocycles. The number of aromatic hydroxyl groups is 2. The smallest absolute Gasteiger partial charge is 0.189 e. The Kier molecular flexibility index (Phi) is 3.84. The van der Waals surface area contributed by atoms with Crippen molar-refractivity contribution >= 4 is 11.9 Å². The minimum Gasteiger partial charge on any atom is -0.508 e. The van der Waals surface area contributed by atoms with Crippen LogP contribution in [0.1, 0.15) is 21.5 Å². The summed E-state index contributed by atoms with van der Waals surface area (Å²) < 4.78 is 12.7. The van der Waals surface area contributed by atoms with Crippen LogP contribution in [0, 0.1) is 12.7 Å². The van der Waals surface area contributed by atoms with E-state index in [1.807, 2.05) is 0 Å². The van der Waals surface area contributed by atoms with Crippen molar-refractivity contribution in [2.24, 2.45) is 0 Å². The number of carbonyl (C=O) groups is 1. The zero-order valence-electron chi connectivity index (χ0n) is 10.8. The zero-order valence-corrected chi connectivity index (χ0v) is 10.8. The normalized spacial score (nSPS) is 10.9. The van der Waals surface area contributed by atoms with Gasteiger partial charge >= 0.3 is 0 Å². The Hall–Kier alpha value is -2.62.